The average Bonchev–Trinajstić information content (AvgIpc) is 2.52. The normalized spacial score (nSPS) is 10.1. The number of nitro groups is 1. The van der Waals surface area contributed by atoms with Crippen LogP contribution < -0.4 is 10.2 Å². The standard InChI is InChI=1S/C16H19N3O2/c1-18(15-8-3-2-4-9-15)12-6-11-17-14-7-5-10-16(13-14)19(20)21/h2-5,7-10,13,17H,6,11-12H2,1H3. The van der Waals surface area contributed by atoms with E-state index in [1.54, 1.807) is 12.1 Å². The summed E-state index contributed by atoms with van der Waals surface area (Å²) in [7, 11) is 2.06. The van der Waals surface area contributed by atoms with Crippen molar-refractivity contribution in [3.05, 3.63) is 64.7 Å². The van der Waals surface area contributed by atoms with E-state index in [1.165, 1.54) is 11.8 Å². The Hall–Kier alpha value is -2.56. The summed E-state index contributed by atoms with van der Waals surface area (Å²) in [5, 5.41) is 13.9. The first-order valence-corrected chi connectivity index (χ1v) is 6.91. The van der Waals surface area contributed by atoms with Gasteiger partial charge in [-0.05, 0) is 24.6 Å². The second-order valence-corrected chi connectivity index (χ2v) is 4.84. The van der Waals surface area contributed by atoms with Crippen LogP contribution in [0, 0.1) is 10.1 Å². The van der Waals surface area contributed by atoms with Gasteiger partial charge in [0.1, 0.15) is 0 Å². The van der Waals surface area contributed by atoms with Gasteiger partial charge in [0, 0.05) is 43.6 Å². The first-order valence-electron chi connectivity index (χ1n) is 6.91. The van der Waals surface area contributed by atoms with Crippen molar-refractivity contribution in [2.75, 3.05) is 30.4 Å². The van der Waals surface area contributed by atoms with Crippen LogP contribution in [0.15, 0.2) is 54.6 Å². The summed E-state index contributed by atoms with van der Waals surface area (Å²) < 4.78 is 0. The van der Waals surface area contributed by atoms with Gasteiger partial charge in [0.25, 0.3) is 5.69 Å². The number of non-ortho nitro benzene ring substituents is 1. The summed E-state index contributed by atoms with van der Waals surface area (Å²) in [5.74, 6) is 0. The van der Waals surface area contributed by atoms with Crippen molar-refractivity contribution in [2.24, 2.45) is 0 Å². The topological polar surface area (TPSA) is 58.4 Å². The van der Waals surface area contributed by atoms with Crippen molar-refractivity contribution < 1.29 is 4.92 Å². The third kappa shape index (κ3) is 4.49. The van der Waals surface area contributed by atoms with Gasteiger partial charge in [-0.2, -0.15) is 0 Å². The molecule has 0 radical (unpaired) electrons. The molecule has 0 aromatic heterocycles. The molecule has 0 bridgehead atoms. The monoisotopic (exact) mass is 285 g/mol. The van der Waals surface area contributed by atoms with E-state index in [0.717, 1.165) is 25.2 Å². The van der Waals surface area contributed by atoms with Gasteiger partial charge in [0.2, 0.25) is 0 Å². The lowest BCUT2D eigenvalue weighted by molar-refractivity contribution is -0.384. The maximum Gasteiger partial charge on any atom is 0.271 e. The molecule has 0 aliphatic rings. The highest BCUT2D eigenvalue weighted by Crippen LogP contribution is 2.17. The van der Waals surface area contributed by atoms with Crippen LogP contribution in [0.5, 0.6) is 0 Å². The first kappa shape index (κ1) is 14.8. The maximum absolute atomic E-state index is 10.7. The fourth-order valence-electron chi connectivity index (χ4n) is 2.09. The van der Waals surface area contributed by atoms with E-state index >= 15 is 0 Å². The van der Waals surface area contributed by atoms with E-state index < -0.39 is 0 Å². The SMILES string of the molecule is CN(CCCNc1cccc([N+](=O)[O-])c1)c1ccccc1. The van der Waals surface area contributed by atoms with E-state index in [0.29, 0.717) is 0 Å². The number of hydrogen-bond donors (Lipinski definition) is 1. The van der Waals surface area contributed by atoms with E-state index in [4.69, 9.17) is 0 Å². The lowest BCUT2D eigenvalue weighted by atomic mass is 10.2. The van der Waals surface area contributed by atoms with Gasteiger partial charge in [-0.1, -0.05) is 24.3 Å². The largest absolute Gasteiger partial charge is 0.385 e. The molecular weight excluding hydrogens is 266 g/mol. The molecule has 0 amide bonds. The number of anilines is 2. The third-order valence-corrected chi connectivity index (χ3v) is 3.25. The highest BCUT2D eigenvalue weighted by molar-refractivity contribution is 5.51. The minimum atomic E-state index is -0.381. The quantitative estimate of drug-likeness (QED) is 0.480. The highest BCUT2D eigenvalue weighted by Gasteiger charge is 2.05. The number of nitrogens with one attached hydrogen (secondary N) is 1. The van der Waals surface area contributed by atoms with Crippen LogP contribution in [0.4, 0.5) is 17.1 Å². The molecule has 2 aromatic carbocycles. The fraction of sp³-hybridized carbons (Fsp3) is 0.250. The molecule has 0 aliphatic heterocycles. The van der Waals surface area contributed by atoms with Crippen molar-refractivity contribution in [1.82, 2.24) is 0 Å². The number of benzene rings is 2. The molecule has 2 aromatic rings. The van der Waals surface area contributed by atoms with Crippen LogP contribution in [0.25, 0.3) is 0 Å². The molecule has 0 saturated heterocycles. The van der Waals surface area contributed by atoms with Crippen LogP contribution in [-0.4, -0.2) is 25.1 Å². The lowest BCUT2D eigenvalue weighted by Gasteiger charge is -2.19. The zero-order chi connectivity index (χ0) is 15.1. The van der Waals surface area contributed by atoms with Gasteiger partial charge in [-0.15, -0.1) is 0 Å². The minimum Gasteiger partial charge on any atom is -0.385 e. The summed E-state index contributed by atoms with van der Waals surface area (Å²) in [6, 6.07) is 16.8. The van der Waals surface area contributed by atoms with Crippen LogP contribution in [0.1, 0.15) is 6.42 Å². The van der Waals surface area contributed by atoms with Gasteiger partial charge in [-0.3, -0.25) is 10.1 Å². The van der Waals surface area contributed by atoms with Gasteiger partial charge in [0.15, 0.2) is 0 Å². The summed E-state index contributed by atoms with van der Waals surface area (Å²) in [6.45, 7) is 1.70. The Kier molecular flexibility index (Phi) is 5.15. The zero-order valence-corrected chi connectivity index (χ0v) is 12.0. The van der Waals surface area contributed by atoms with E-state index in [-0.39, 0.29) is 10.6 Å². The Labute approximate surface area is 124 Å². The van der Waals surface area contributed by atoms with Gasteiger partial charge in [0.05, 0.1) is 4.92 Å². The van der Waals surface area contributed by atoms with E-state index in [1.807, 2.05) is 24.3 Å². The minimum absolute atomic E-state index is 0.112. The molecule has 0 atom stereocenters. The number of rotatable bonds is 7. The molecule has 21 heavy (non-hydrogen) atoms. The van der Waals surface area contributed by atoms with Crippen LogP contribution in [0.2, 0.25) is 0 Å². The molecule has 0 saturated carbocycles. The predicted molar refractivity (Wildman–Crippen MR) is 85.9 cm³/mol. The van der Waals surface area contributed by atoms with Crippen LogP contribution >= 0.6 is 0 Å². The highest BCUT2D eigenvalue weighted by atomic mass is 16.6. The molecule has 5 nitrogen and oxygen atoms in total. The summed E-state index contributed by atoms with van der Waals surface area (Å²) in [6.07, 6.45) is 0.952. The van der Waals surface area contributed by atoms with Crippen molar-refractivity contribution in [1.29, 1.82) is 0 Å². The summed E-state index contributed by atoms with van der Waals surface area (Å²) in [5.41, 5.74) is 2.08. The first-order chi connectivity index (χ1) is 10.2. The second kappa shape index (κ2) is 7.28. The van der Waals surface area contributed by atoms with E-state index in [9.17, 15) is 10.1 Å². The molecule has 2 rings (SSSR count). The van der Waals surface area contributed by atoms with Crippen molar-refractivity contribution >= 4 is 17.1 Å². The van der Waals surface area contributed by atoms with Gasteiger partial charge < -0.3 is 10.2 Å². The zero-order valence-electron chi connectivity index (χ0n) is 12.0. The van der Waals surface area contributed by atoms with Crippen LogP contribution in [0.3, 0.4) is 0 Å². The molecule has 110 valence electrons. The molecule has 1 N–H and O–H groups in total. The van der Waals surface area contributed by atoms with Gasteiger partial charge in [-0.25, -0.2) is 0 Å². The smallest absolute Gasteiger partial charge is 0.271 e. The van der Waals surface area contributed by atoms with Crippen LogP contribution in [-0.2, 0) is 0 Å². The molecule has 5 heteroatoms. The Morgan fingerprint density at radius 1 is 1.14 bits per heavy atom. The average molecular weight is 285 g/mol. The summed E-state index contributed by atoms with van der Waals surface area (Å²) in [4.78, 5) is 12.5. The fourth-order valence-corrected chi connectivity index (χ4v) is 2.09. The number of nitro benzene ring substituents is 1. The molecule has 0 heterocycles. The Morgan fingerprint density at radius 2 is 1.90 bits per heavy atom. The Balaban J connectivity index is 1.77. The number of nitrogens with zero attached hydrogens (tertiary/aromatic N) is 2. The summed E-state index contributed by atoms with van der Waals surface area (Å²) >= 11 is 0. The molecule has 0 fully saturated rings. The molecule has 0 aliphatic carbocycles. The second-order valence-electron chi connectivity index (χ2n) is 4.84. The Morgan fingerprint density at radius 3 is 2.62 bits per heavy atom. The van der Waals surface area contributed by atoms with Crippen molar-refractivity contribution in [3.8, 4) is 0 Å². The number of para-hydroxylation sites is 1. The van der Waals surface area contributed by atoms with Gasteiger partial charge >= 0.3 is 0 Å². The number of hydrogen-bond acceptors (Lipinski definition) is 4. The van der Waals surface area contributed by atoms with Crippen molar-refractivity contribution in [3.63, 3.8) is 0 Å². The Bertz CT molecular complexity index is 587. The van der Waals surface area contributed by atoms with Crippen molar-refractivity contribution in [2.45, 2.75) is 6.42 Å². The molecule has 0 spiro atoms. The van der Waals surface area contributed by atoms with E-state index in [2.05, 4.69) is 29.4 Å². The molecule has 0 unspecified atom stereocenters. The third-order valence-electron chi connectivity index (χ3n) is 3.25. The lowest BCUT2D eigenvalue weighted by Crippen LogP contribution is -2.20. The predicted octanol–water partition coefficient (Wildman–Crippen LogP) is 3.53. The molecular formula is C16H19N3O2. The maximum atomic E-state index is 10.7.